The summed E-state index contributed by atoms with van der Waals surface area (Å²) in [5.74, 6) is -1.36. The first kappa shape index (κ1) is 21.0. The number of nitrogens with zero attached hydrogens (tertiary/aromatic N) is 1. The number of amides is 3. The van der Waals surface area contributed by atoms with Gasteiger partial charge >= 0.3 is 0 Å². The van der Waals surface area contributed by atoms with Gasteiger partial charge in [0.1, 0.15) is 5.00 Å². The monoisotopic (exact) mass is 423 g/mol. The molecule has 0 aliphatic carbocycles. The lowest BCUT2D eigenvalue weighted by atomic mass is 10.1. The number of anilines is 4. The summed E-state index contributed by atoms with van der Waals surface area (Å²) in [7, 11) is 0. The minimum absolute atomic E-state index is 0.0181. The van der Waals surface area contributed by atoms with E-state index in [2.05, 4.69) is 20.9 Å². The lowest BCUT2D eigenvalue weighted by molar-refractivity contribution is -0.114. The molecular formula is C21H21N5O3S. The van der Waals surface area contributed by atoms with Crippen LogP contribution in [0.4, 0.5) is 21.5 Å². The summed E-state index contributed by atoms with van der Waals surface area (Å²) < 4.78 is 0. The molecule has 1 heterocycles. The molecule has 0 aliphatic heterocycles. The molecule has 5 N–H and O–H groups in total. The second-order valence-corrected chi connectivity index (χ2v) is 7.72. The van der Waals surface area contributed by atoms with E-state index in [9.17, 15) is 14.4 Å². The lowest BCUT2D eigenvalue weighted by Crippen LogP contribution is -2.17. The van der Waals surface area contributed by atoms with Crippen LogP contribution in [0.3, 0.4) is 0 Å². The fourth-order valence-electron chi connectivity index (χ4n) is 2.78. The maximum absolute atomic E-state index is 12.6. The molecule has 3 amide bonds. The predicted octanol–water partition coefficient (Wildman–Crippen LogP) is 3.81. The Morgan fingerprint density at radius 3 is 2.30 bits per heavy atom. The quantitative estimate of drug-likeness (QED) is 0.479. The third-order valence-corrected chi connectivity index (χ3v) is 5.06. The zero-order valence-electron chi connectivity index (χ0n) is 16.7. The maximum Gasteiger partial charge on any atom is 0.270 e. The van der Waals surface area contributed by atoms with Crippen molar-refractivity contribution in [1.82, 2.24) is 4.98 Å². The number of carbonyl (C=O) groups excluding carboxylic acids is 3. The van der Waals surface area contributed by atoms with E-state index in [0.717, 1.165) is 28.2 Å². The number of hydrogen-bond donors (Lipinski definition) is 4. The topological polar surface area (TPSA) is 126 Å². The van der Waals surface area contributed by atoms with Crippen molar-refractivity contribution in [2.45, 2.75) is 20.8 Å². The molecule has 0 atom stereocenters. The number of primary amides is 1. The molecule has 0 radical (unpaired) electrons. The van der Waals surface area contributed by atoms with E-state index in [-0.39, 0.29) is 16.6 Å². The van der Waals surface area contributed by atoms with E-state index in [0.29, 0.717) is 16.4 Å². The van der Waals surface area contributed by atoms with Crippen LogP contribution in [0.25, 0.3) is 0 Å². The van der Waals surface area contributed by atoms with Gasteiger partial charge in [-0.2, -0.15) is 0 Å². The summed E-state index contributed by atoms with van der Waals surface area (Å²) in [4.78, 5) is 39.7. The highest BCUT2D eigenvalue weighted by Crippen LogP contribution is 2.32. The molecule has 9 heteroatoms. The molecule has 0 fully saturated rings. The molecule has 0 unspecified atom stereocenters. The van der Waals surface area contributed by atoms with Gasteiger partial charge in [0, 0.05) is 23.9 Å². The van der Waals surface area contributed by atoms with Gasteiger partial charge in [0.05, 0.1) is 0 Å². The Morgan fingerprint density at radius 1 is 1.00 bits per heavy atom. The van der Waals surface area contributed by atoms with E-state index in [1.807, 2.05) is 32.0 Å². The van der Waals surface area contributed by atoms with Crippen LogP contribution in [0.2, 0.25) is 0 Å². The second kappa shape index (κ2) is 8.75. The molecule has 3 aromatic rings. The smallest absolute Gasteiger partial charge is 0.270 e. The molecule has 0 spiro atoms. The lowest BCUT2D eigenvalue weighted by Gasteiger charge is -2.07. The Hall–Kier alpha value is -3.72. The summed E-state index contributed by atoms with van der Waals surface area (Å²) in [5, 5.41) is 9.17. The van der Waals surface area contributed by atoms with Crippen molar-refractivity contribution in [2.24, 2.45) is 5.73 Å². The Bertz CT molecular complexity index is 1120. The van der Waals surface area contributed by atoms with Crippen molar-refractivity contribution >= 4 is 50.6 Å². The second-order valence-electron chi connectivity index (χ2n) is 6.72. The normalized spacial score (nSPS) is 10.4. The summed E-state index contributed by atoms with van der Waals surface area (Å²) in [6.45, 7) is 5.37. The minimum Gasteiger partial charge on any atom is -0.364 e. The van der Waals surface area contributed by atoms with Crippen LogP contribution < -0.4 is 21.7 Å². The van der Waals surface area contributed by atoms with E-state index >= 15 is 0 Å². The Balaban J connectivity index is 1.80. The fourth-order valence-corrected chi connectivity index (χ4v) is 3.66. The largest absolute Gasteiger partial charge is 0.364 e. The number of aromatic nitrogens is 1. The first-order chi connectivity index (χ1) is 14.2. The number of rotatable bonds is 6. The summed E-state index contributed by atoms with van der Waals surface area (Å²) >= 11 is 1.12. The van der Waals surface area contributed by atoms with Gasteiger partial charge in [-0.1, -0.05) is 29.0 Å². The van der Waals surface area contributed by atoms with E-state index in [1.165, 1.54) is 6.92 Å². The molecule has 1 aromatic heterocycles. The summed E-state index contributed by atoms with van der Waals surface area (Å²) in [5.41, 5.74) is 9.36. The zero-order chi connectivity index (χ0) is 21.8. The van der Waals surface area contributed by atoms with E-state index < -0.39 is 11.8 Å². The third kappa shape index (κ3) is 5.00. The number of aryl methyl sites for hydroxylation is 2. The zero-order valence-corrected chi connectivity index (χ0v) is 17.5. The summed E-state index contributed by atoms with van der Waals surface area (Å²) in [6, 6.07) is 12.3. The Morgan fingerprint density at radius 2 is 1.70 bits per heavy atom. The molecule has 0 bridgehead atoms. The molecule has 0 saturated carbocycles. The number of nitrogens with two attached hydrogens (primary N) is 1. The maximum atomic E-state index is 12.6. The van der Waals surface area contributed by atoms with Gasteiger partial charge in [0.25, 0.3) is 11.8 Å². The molecule has 30 heavy (non-hydrogen) atoms. The molecule has 0 saturated heterocycles. The van der Waals surface area contributed by atoms with Crippen molar-refractivity contribution in [3.05, 3.63) is 64.8 Å². The number of carbonyl (C=O) groups is 3. The SMILES string of the molecule is CC(=O)Nc1ccc(C(=O)Nc2sc(Nc3ccc(C)cc3C)nc2C(N)=O)cc1. The molecule has 154 valence electrons. The first-order valence-electron chi connectivity index (χ1n) is 9.07. The van der Waals surface area contributed by atoms with Gasteiger partial charge in [-0.15, -0.1) is 0 Å². The number of nitrogens with one attached hydrogen (secondary N) is 3. The van der Waals surface area contributed by atoms with E-state index in [4.69, 9.17) is 5.73 Å². The third-order valence-electron chi connectivity index (χ3n) is 4.18. The Labute approximate surface area is 177 Å². The van der Waals surface area contributed by atoms with Crippen LogP contribution in [0.1, 0.15) is 38.9 Å². The average molecular weight is 423 g/mol. The predicted molar refractivity (Wildman–Crippen MR) is 119 cm³/mol. The van der Waals surface area contributed by atoms with E-state index in [1.54, 1.807) is 24.3 Å². The van der Waals surface area contributed by atoms with Gasteiger partial charge in [0.15, 0.2) is 10.8 Å². The number of benzene rings is 2. The standard InChI is InChI=1S/C21H21N5O3S/c1-11-4-9-16(12(2)10-11)24-21-25-17(18(22)28)20(30-21)26-19(29)14-5-7-15(8-6-14)23-13(3)27/h4-10H,1-3H3,(H2,22,28)(H,23,27)(H,24,25)(H,26,29). The van der Waals surface area contributed by atoms with Crippen LogP contribution in [-0.2, 0) is 4.79 Å². The van der Waals surface area contributed by atoms with Crippen LogP contribution in [-0.4, -0.2) is 22.7 Å². The number of thiazole rings is 1. The van der Waals surface area contributed by atoms with Crippen molar-refractivity contribution < 1.29 is 14.4 Å². The molecule has 8 nitrogen and oxygen atoms in total. The molecule has 2 aromatic carbocycles. The van der Waals surface area contributed by atoms with Crippen LogP contribution >= 0.6 is 11.3 Å². The van der Waals surface area contributed by atoms with Crippen molar-refractivity contribution in [2.75, 3.05) is 16.0 Å². The average Bonchev–Trinajstić information content (AvgIpc) is 3.06. The highest BCUT2D eigenvalue weighted by atomic mass is 32.1. The van der Waals surface area contributed by atoms with Gasteiger partial charge in [-0.3, -0.25) is 14.4 Å². The van der Waals surface area contributed by atoms with Crippen LogP contribution in [0, 0.1) is 13.8 Å². The van der Waals surface area contributed by atoms with Crippen LogP contribution in [0.15, 0.2) is 42.5 Å². The number of hydrogen-bond acceptors (Lipinski definition) is 6. The van der Waals surface area contributed by atoms with Crippen molar-refractivity contribution in [1.29, 1.82) is 0 Å². The first-order valence-corrected chi connectivity index (χ1v) is 9.88. The van der Waals surface area contributed by atoms with Gasteiger partial charge in [0.2, 0.25) is 5.91 Å². The summed E-state index contributed by atoms with van der Waals surface area (Å²) in [6.07, 6.45) is 0. The van der Waals surface area contributed by atoms with Crippen molar-refractivity contribution in [3.8, 4) is 0 Å². The molecular weight excluding hydrogens is 402 g/mol. The van der Waals surface area contributed by atoms with Crippen molar-refractivity contribution in [3.63, 3.8) is 0 Å². The molecule has 0 aliphatic rings. The fraction of sp³-hybridized carbons (Fsp3) is 0.143. The van der Waals surface area contributed by atoms with Crippen LogP contribution in [0.5, 0.6) is 0 Å². The van der Waals surface area contributed by atoms with Gasteiger partial charge in [-0.25, -0.2) is 4.98 Å². The van der Waals surface area contributed by atoms with Gasteiger partial charge in [-0.05, 0) is 49.7 Å². The minimum atomic E-state index is -0.740. The molecule has 3 rings (SSSR count). The highest BCUT2D eigenvalue weighted by Gasteiger charge is 2.19. The highest BCUT2D eigenvalue weighted by molar-refractivity contribution is 7.20. The Kier molecular flexibility index (Phi) is 6.12. The van der Waals surface area contributed by atoms with Gasteiger partial charge < -0.3 is 21.7 Å².